The fourth-order valence-electron chi connectivity index (χ4n) is 2.76. The molecule has 0 aromatic heterocycles. The van der Waals surface area contributed by atoms with Crippen molar-refractivity contribution < 1.29 is 19.0 Å². The van der Waals surface area contributed by atoms with Crippen molar-refractivity contribution in [3.05, 3.63) is 76.8 Å². The van der Waals surface area contributed by atoms with E-state index in [0.717, 1.165) is 23.3 Å². The van der Waals surface area contributed by atoms with Gasteiger partial charge in [0.25, 0.3) is 0 Å². The van der Waals surface area contributed by atoms with Gasteiger partial charge < -0.3 is 14.2 Å². The normalized spacial score (nSPS) is 19.2. The van der Waals surface area contributed by atoms with Crippen LogP contribution in [-0.2, 0) is 20.9 Å². The van der Waals surface area contributed by atoms with Gasteiger partial charge in [-0.2, -0.15) is 0 Å². The number of halogens is 1. The smallest absolute Gasteiger partial charge is 0.302 e. The second kappa shape index (κ2) is 8.88. The molecule has 3 rings (SSSR count). The molecule has 136 valence electrons. The van der Waals surface area contributed by atoms with E-state index in [1.54, 1.807) is 0 Å². The zero-order valence-corrected chi connectivity index (χ0v) is 15.3. The minimum Gasteiger partial charge on any atom is -0.489 e. The molecule has 26 heavy (non-hydrogen) atoms. The van der Waals surface area contributed by atoms with E-state index in [0.29, 0.717) is 11.6 Å². The highest BCUT2D eigenvalue weighted by atomic mass is 35.5. The van der Waals surface area contributed by atoms with Gasteiger partial charge in [-0.15, -0.1) is 0 Å². The molecule has 0 radical (unpaired) electrons. The maximum absolute atomic E-state index is 11.0. The second-order valence-corrected chi connectivity index (χ2v) is 6.49. The maximum Gasteiger partial charge on any atom is 0.302 e. The third kappa shape index (κ3) is 5.10. The molecule has 0 aliphatic carbocycles. The highest BCUT2D eigenvalue weighted by Crippen LogP contribution is 2.30. The van der Waals surface area contributed by atoms with Crippen molar-refractivity contribution in [3.63, 3.8) is 0 Å². The fraction of sp³-hybridized carbons (Fsp3) is 0.286. The molecule has 1 heterocycles. The average molecular weight is 373 g/mol. The Kier molecular flexibility index (Phi) is 6.31. The molecule has 5 heteroatoms. The predicted molar refractivity (Wildman–Crippen MR) is 100 cm³/mol. The number of hydrogen-bond donors (Lipinski definition) is 0. The first-order valence-corrected chi connectivity index (χ1v) is 8.91. The van der Waals surface area contributed by atoms with Crippen LogP contribution in [0.2, 0.25) is 5.02 Å². The van der Waals surface area contributed by atoms with Gasteiger partial charge in [0.05, 0.1) is 6.10 Å². The Morgan fingerprint density at radius 2 is 2.04 bits per heavy atom. The van der Waals surface area contributed by atoms with Crippen molar-refractivity contribution in [2.75, 3.05) is 6.61 Å². The molecule has 0 N–H and O–H groups in total. The Morgan fingerprint density at radius 1 is 1.23 bits per heavy atom. The molecule has 0 spiro atoms. The van der Waals surface area contributed by atoms with Crippen molar-refractivity contribution in [1.82, 2.24) is 0 Å². The van der Waals surface area contributed by atoms with Gasteiger partial charge in [-0.25, -0.2) is 0 Å². The lowest BCUT2D eigenvalue weighted by Gasteiger charge is -2.26. The van der Waals surface area contributed by atoms with Crippen molar-refractivity contribution >= 4 is 17.6 Å². The third-order valence-electron chi connectivity index (χ3n) is 4.07. The van der Waals surface area contributed by atoms with E-state index < -0.39 is 0 Å². The van der Waals surface area contributed by atoms with Crippen LogP contribution in [-0.4, -0.2) is 18.7 Å². The summed E-state index contributed by atoms with van der Waals surface area (Å²) in [6.07, 6.45) is 4.40. The van der Waals surface area contributed by atoms with E-state index in [1.165, 1.54) is 6.92 Å². The average Bonchev–Trinajstić information content (AvgIpc) is 2.67. The molecular weight excluding hydrogens is 352 g/mol. The van der Waals surface area contributed by atoms with Gasteiger partial charge in [0.1, 0.15) is 25.1 Å². The lowest BCUT2D eigenvalue weighted by molar-refractivity contribution is -0.145. The lowest BCUT2D eigenvalue weighted by Crippen LogP contribution is -2.24. The lowest BCUT2D eigenvalue weighted by atomic mass is 10.0. The largest absolute Gasteiger partial charge is 0.489 e. The highest BCUT2D eigenvalue weighted by Gasteiger charge is 2.21. The summed E-state index contributed by atoms with van der Waals surface area (Å²) in [6.45, 7) is 2.00. The molecule has 2 aromatic carbocycles. The van der Waals surface area contributed by atoms with E-state index in [4.69, 9.17) is 25.8 Å². The Bertz CT molecular complexity index is 773. The first-order chi connectivity index (χ1) is 12.6. The summed E-state index contributed by atoms with van der Waals surface area (Å²) in [5.41, 5.74) is 1.93. The van der Waals surface area contributed by atoms with Gasteiger partial charge in [0.15, 0.2) is 0 Å². The first-order valence-electron chi connectivity index (χ1n) is 8.53. The number of carbonyl (C=O) groups is 1. The topological polar surface area (TPSA) is 44.8 Å². The van der Waals surface area contributed by atoms with Gasteiger partial charge in [0.2, 0.25) is 0 Å². The zero-order valence-electron chi connectivity index (χ0n) is 14.6. The number of benzene rings is 2. The van der Waals surface area contributed by atoms with Crippen molar-refractivity contribution in [2.24, 2.45) is 0 Å². The summed E-state index contributed by atoms with van der Waals surface area (Å²) in [5, 5.41) is 0.660. The van der Waals surface area contributed by atoms with E-state index in [1.807, 2.05) is 54.6 Å². The first kappa shape index (κ1) is 18.5. The number of rotatable bonds is 6. The van der Waals surface area contributed by atoms with Gasteiger partial charge in [-0.1, -0.05) is 48.0 Å². The summed E-state index contributed by atoms with van der Waals surface area (Å²) in [6, 6.07) is 15.5. The van der Waals surface area contributed by atoms with Crippen LogP contribution in [0.1, 0.15) is 30.6 Å². The molecule has 0 saturated heterocycles. The molecule has 2 aromatic rings. The van der Waals surface area contributed by atoms with Crippen molar-refractivity contribution in [3.8, 4) is 5.75 Å². The van der Waals surface area contributed by atoms with Crippen LogP contribution in [0.4, 0.5) is 0 Å². The van der Waals surface area contributed by atoms with Crippen LogP contribution in [0, 0.1) is 0 Å². The summed E-state index contributed by atoms with van der Waals surface area (Å²) in [4.78, 5) is 11.0. The van der Waals surface area contributed by atoms with E-state index in [2.05, 4.69) is 6.08 Å². The highest BCUT2D eigenvalue weighted by molar-refractivity contribution is 6.31. The molecule has 0 unspecified atom stereocenters. The summed E-state index contributed by atoms with van der Waals surface area (Å²) in [5.74, 6) is 0.489. The van der Waals surface area contributed by atoms with Gasteiger partial charge in [-0.3, -0.25) is 4.79 Å². The molecular formula is C21H21ClO4. The summed E-state index contributed by atoms with van der Waals surface area (Å²) in [7, 11) is 0. The predicted octanol–water partition coefficient (Wildman–Crippen LogP) is 4.87. The minimum atomic E-state index is -0.309. The Labute approximate surface area is 158 Å². The SMILES string of the molecule is CC(=O)OC[C@H]1C=CC[C@@H](c2ccc(Cl)c(COc3ccccc3)c2)O1. The molecule has 0 bridgehead atoms. The molecule has 0 amide bonds. The molecule has 2 atom stereocenters. The molecule has 4 nitrogen and oxygen atoms in total. The Hall–Kier alpha value is -2.30. The molecule has 0 saturated carbocycles. The van der Waals surface area contributed by atoms with Gasteiger partial charge in [-0.05, 0) is 36.2 Å². The molecule has 0 fully saturated rings. The molecule has 1 aliphatic rings. The second-order valence-electron chi connectivity index (χ2n) is 6.08. The van der Waals surface area contributed by atoms with Gasteiger partial charge in [0, 0.05) is 17.5 Å². The van der Waals surface area contributed by atoms with Crippen LogP contribution in [0.5, 0.6) is 5.75 Å². The summed E-state index contributed by atoms with van der Waals surface area (Å²) < 4.78 is 16.9. The quantitative estimate of drug-likeness (QED) is 0.536. The standard InChI is InChI=1S/C21H21ClO4/c1-15(23)24-14-19-8-5-9-21(26-19)16-10-11-20(22)17(12-16)13-25-18-6-3-2-4-7-18/h2-8,10-12,19,21H,9,13-14H2,1H3/t19-,21+/m1/s1. The zero-order chi connectivity index (χ0) is 18.4. The number of ether oxygens (including phenoxy) is 3. The van der Waals surface area contributed by atoms with Crippen LogP contribution >= 0.6 is 11.6 Å². The van der Waals surface area contributed by atoms with E-state index in [9.17, 15) is 4.79 Å². The maximum atomic E-state index is 11.0. The fourth-order valence-corrected chi connectivity index (χ4v) is 2.93. The molecule has 1 aliphatic heterocycles. The Morgan fingerprint density at radius 3 is 2.81 bits per heavy atom. The third-order valence-corrected chi connectivity index (χ3v) is 4.44. The van der Waals surface area contributed by atoms with Crippen LogP contribution in [0.3, 0.4) is 0 Å². The monoisotopic (exact) mass is 372 g/mol. The van der Waals surface area contributed by atoms with Crippen LogP contribution in [0.15, 0.2) is 60.7 Å². The number of esters is 1. The number of carbonyl (C=O) groups excluding carboxylic acids is 1. The van der Waals surface area contributed by atoms with Crippen LogP contribution in [0.25, 0.3) is 0 Å². The van der Waals surface area contributed by atoms with E-state index >= 15 is 0 Å². The van der Waals surface area contributed by atoms with E-state index in [-0.39, 0.29) is 24.8 Å². The Balaban J connectivity index is 1.66. The van der Waals surface area contributed by atoms with Crippen molar-refractivity contribution in [2.45, 2.75) is 32.2 Å². The minimum absolute atomic E-state index is 0.103. The summed E-state index contributed by atoms with van der Waals surface area (Å²) >= 11 is 6.32. The van der Waals surface area contributed by atoms with Crippen molar-refractivity contribution in [1.29, 1.82) is 0 Å². The van der Waals surface area contributed by atoms with Gasteiger partial charge >= 0.3 is 5.97 Å². The number of hydrogen-bond acceptors (Lipinski definition) is 4. The van der Waals surface area contributed by atoms with Crippen LogP contribution < -0.4 is 4.74 Å². The number of para-hydroxylation sites is 1.